The molecule has 28 heavy (non-hydrogen) atoms. The van der Waals surface area contributed by atoms with E-state index in [0.717, 1.165) is 13.1 Å². The molecular weight excluding hydrogens is 400 g/mol. The van der Waals surface area contributed by atoms with Crippen LogP contribution < -0.4 is 0 Å². The van der Waals surface area contributed by atoms with Crippen molar-refractivity contribution in [3.63, 3.8) is 0 Å². The topological polar surface area (TPSA) is 71.6 Å². The van der Waals surface area contributed by atoms with Crippen LogP contribution in [0.1, 0.15) is 13.8 Å². The van der Waals surface area contributed by atoms with Crippen molar-refractivity contribution in [1.82, 2.24) is 14.2 Å². The summed E-state index contributed by atoms with van der Waals surface area (Å²) in [6, 6.07) is 0. The van der Waals surface area contributed by atoms with Gasteiger partial charge in [-0.05, 0) is 54.1 Å². The van der Waals surface area contributed by atoms with Gasteiger partial charge in [-0.25, -0.2) is 9.34 Å². The van der Waals surface area contributed by atoms with E-state index < -0.39 is 14.8 Å². The van der Waals surface area contributed by atoms with Crippen LogP contribution in [-0.2, 0) is 23.1 Å². The van der Waals surface area contributed by atoms with Crippen molar-refractivity contribution in [2.45, 2.75) is 38.3 Å². The van der Waals surface area contributed by atoms with Crippen molar-refractivity contribution in [3.8, 4) is 0 Å². The molecule has 2 saturated heterocycles. The molecule has 0 saturated carbocycles. The third-order valence-corrected chi connectivity index (χ3v) is 8.15. The van der Waals surface area contributed by atoms with Crippen LogP contribution in [0.3, 0.4) is 0 Å². The first-order valence-corrected chi connectivity index (χ1v) is 14.0. The Hall–Kier alpha value is -0.0400. The summed E-state index contributed by atoms with van der Waals surface area (Å²) in [6.45, 7) is 10.3. The number of rotatable bonds is 7. The minimum absolute atomic E-state index is 0.106. The Morgan fingerprint density at radius 2 is 1.71 bits per heavy atom. The summed E-state index contributed by atoms with van der Waals surface area (Å²) < 4.78 is 47.2. The zero-order valence-corrected chi connectivity index (χ0v) is 20.1. The smallest absolute Gasteiger partial charge is 0.345 e. The summed E-state index contributed by atoms with van der Waals surface area (Å²) in [5, 5.41) is 0. The predicted octanol–water partition coefficient (Wildman–Crippen LogP) is 2.62. The van der Waals surface area contributed by atoms with Crippen LogP contribution in [0.25, 0.3) is 0 Å². The Morgan fingerprint density at radius 1 is 1.07 bits per heavy atom. The van der Waals surface area contributed by atoms with Gasteiger partial charge in [0, 0.05) is 26.2 Å². The quantitative estimate of drug-likeness (QED) is 0.563. The molecule has 0 aromatic heterocycles. The number of nitrogens with zero attached hydrogens (tertiary/aromatic N) is 3. The summed E-state index contributed by atoms with van der Waals surface area (Å²) in [5.41, 5.74) is 0. The Balaban J connectivity index is 2.08. The lowest BCUT2D eigenvalue weighted by atomic mass is 10.2. The number of ether oxygens (including phenoxy) is 2. The van der Waals surface area contributed by atoms with Crippen molar-refractivity contribution in [1.29, 1.82) is 0 Å². The summed E-state index contributed by atoms with van der Waals surface area (Å²) in [6.07, 6.45) is 1.46. The molecule has 0 aromatic rings. The molecule has 2 heterocycles. The molecule has 0 N–H and O–H groups in total. The molecule has 164 valence electrons. The molecule has 0 spiro atoms. The van der Waals surface area contributed by atoms with Crippen molar-refractivity contribution in [3.05, 3.63) is 11.9 Å². The van der Waals surface area contributed by atoms with Crippen molar-refractivity contribution < 1.29 is 23.1 Å². The second kappa shape index (κ2) is 9.84. The third kappa shape index (κ3) is 7.03. The lowest BCUT2D eigenvalue weighted by Gasteiger charge is -2.42. The van der Waals surface area contributed by atoms with E-state index >= 15 is 0 Å². The van der Waals surface area contributed by atoms with E-state index in [-0.39, 0.29) is 31.0 Å². The maximum absolute atomic E-state index is 13.8. The van der Waals surface area contributed by atoms with E-state index in [9.17, 15) is 9.13 Å². The predicted molar refractivity (Wildman–Crippen MR) is 114 cm³/mol. The average molecular weight is 437 g/mol. The summed E-state index contributed by atoms with van der Waals surface area (Å²) in [7, 11) is 0.0862. The lowest BCUT2D eigenvalue weighted by Crippen LogP contribution is -2.48. The van der Waals surface area contributed by atoms with Gasteiger partial charge in [-0.1, -0.05) is 6.08 Å². The molecule has 1 unspecified atom stereocenters. The van der Waals surface area contributed by atoms with Crippen molar-refractivity contribution in [2.24, 2.45) is 0 Å². The summed E-state index contributed by atoms with van der Waals surface area (Å²) in [5.74, 6) is 1.71. The highest BCUT2D eigenvalue weighted by Gasteiger charge is 2.41. The number of morpholine rings is 2. The second-order valence-corrected chi connectivity index (χ2v) is 14.3. The fourth-order valence-electron chi connectivity index (χ4n) is 3.58. The van der Waals surface area contributed by atoms with Crippen LogP contribution in [-0.4, -0.2) is 106 Å². The van der Waals surface area contributed by atoms with E-state index in [1.807, 2.05) is 24.6 Å². The van der Waals surface area contributed by atoms with Crippen molar-refractivity contribution >= 4 is 14.8 Å². The highest BCUT2D eigenvalue weighted by atomic mass is 31.2. The van der Waals surface area contributed by atoms with Crippen LogP contribution in [0.5, 0.6) is 0 Å². The molecule has 0 aromatic carbocycles. The van der Waals surface area contributed by atoms with Crippen LogP contribution in [0.15, 0.2) is 11.9 Å². The molecule has 0 aliphatic carbocycles. The molecule has 2 aliphatic heterocycles. The van der Waals surface area contributed by atoms with Gasteiger partial charge in [-0.3, -0.25) is 4.57 Å². The number of hydrogen-bond donors (Lipinski definition) is 0. The Kier molecular flexibility index (Phi) is 8.52. The van der Waals surface area contributed by atoms with E-state index in [4.69, 9.17) is 14.0 Å². The average Bonchev–Trinajstić information content (AvgIpc) is 2.56. The van der Waals surface area contributed by atoms with Crippen LogP contribution in [0, 0.1) is 0 Å². The fraction of sp³-hybridized carbons (Fsp3) is 0.889. The highest BCUT2D eigenvalue weighted by Crippen LogP contribution is 2.54. The van der Waals surface area contributed by atoms with Gasteiger partial charge >= 0.3 is 7.67 Å². The normalized spacial score (nSPS) is 33.4. The van der Waals surface area contributed by atoms with Gasteiger partial charge in [0.05, 0.1) is 31.0 Å². The molecule has 2 rings (SSSR count). The zero-order valence-electron chi connectivity index (χ0n) is 18.3. The molecule has 0 amide bonds. The lowest BCUT2D eigenvalue weighted by molar-refractivity contribution is -0.0880. The standard InChI is InChI=1S/C18H37N3O5P2/c1-15-10-20(5)12-18(26-15)14-24-28(23,19(3)4)21-11-16(2)25-17(13-21)8-9-27(6,7)22/h8-9,15-18H,10-14H2,1-7H3/b9-8+/t15-,16-,17+,18-,28?/m0/s1. The molecule has 5 atom stereocenters. The zero-order chi connectivity index (χ0) is 21.1. The van der Waals surface area contributed by atoms with Gasteiger partial charge in [0.25, 0.3) is 0 Å². The minimum atomic E-state index is -3.23. The summed E-state index contributed by atoms with van der Waals surface area (Å²) >= 11 is 0. The SMILES string of the molecule is C[C@H]1CN(C)C[C@@H](COP(=O)(N(C)C)N2C[C@@H](/C=C/P(C)(C)=O)O[C@@H](C)C2)O1. The van der Waals surface area contributed by atoms with Crippen LogP contribution in [0.2, 0.25) is 0 Å². The molecule has 0 bridgehead atoms. The highest BCUT2D eigenvalue weighted by molar-refractivity contribution is 7.65. The maximum Gasteiger partial charge on any atom is 0.345 e. The third-order valence-electron chi connectivity index (χ3n) is 4.73. The van der Waals surface area contributed by atoms with Crippen LogP contribution >= 0.6 is 14.8 Å². The first-order valence-electron chi connectivity index (χ1n) is 9.80. The van der Waals surface area contributed by atoms with Crippen molar-refractivity contribution in [2.75, 3.05) is 67.3 Å². The van der Waals surface area contributed by atoms with Gasteiger partial charge in [-0.2, -0.15) is 0 Å². The van der Waals surface area contributed by atoms with E-state index in [2.05, 4.69) is 11.9 Å². The molecular formula is C18H37N3O5P2. The number of likely N-dealkylation sites (N-methyl/N-ethyl adjacent to an activating group) is 1. The first-order chi connectivity index (χ1) is 12.9. The largest absolute Gasteiger partial charge is 0.370 e. The fourth-order valence-corrected chi connectivity index (χ4v) is 6.25. The van der Waals surface area contributed by atoms with E-state index in [1.165, 1.54) is 0 Å². The van der Waals surface area contributed by atoms with Gasteiger partial charge in [0.1, 0.15) is 7.14 Å². The summed E-state index contributed by atoms with van der Waals surface area (Å²) in [4.78, 5) is 2.20. The van der Waals surface area contributed by atoms with Gasteiger partial charge in [-0.15, -0.1) is 0 Å². The first kappa shape index (κ1) is 24.2. The van der Waals surface area contributed by atoms with E-state index in [1.54, 1.807) is 37.9 Å². The Labute approximate surface area is 170 Å². The van der Waals surface area contributed by atoms with Crippen LogP contribution in [0.4, 0.5) is 0 Å². The Bertz CT molecular complexity index is 629. The molecule has 8 nitrogen and oxygen atoms in total. The van der Waals surface area contributed by atoms with Gasteiger partial charge in [0.2, 0.25) is 0 Å². The van der Waals surface area contributed by atoms with Gasteiger partial charge < -0.3 is 23.5 Å². The molecule has 10 heteroatoms. The maximum atomic E-state index is 13.8. The molecule has 2 fully saturated rings. The van der Waals surface area contributed by atoms with Gasteiger partial charge in [0.15, 0.2) is 0 Å². The monoisotopic (exact) mass is 437 g/mol. The minimum Gasteiger partial charge on any atom is -0.370 e. The molecule has 0 radical (unpaired) electrons. The second-order valence-electron chi connectivity index (χ2n) is 8.56. The molecule has 2 aliphatic rings. The Morgan fingerprint density at radius 3 is 2.29 bits per heavy atom. The number of hydrogen-bond acceptors (Lipinski definition) is 6. The van der Waals surface area contributed by atoms with E-state index in [0.29, 0.717) is 13.1 Å².